The molecule has 1 fully saturated rings. The van der Waals surface area contributed by atoms with Gasteiger partial charge in [-0.1, -0.05) is 0 Å². The Kier molecular flexibility index (Phi) is 5.07. The average molecular weight is 344 g/mol. The molecule has 2 aromatic carbocycles. The summed E-state index contributed by atoms with van der Waals surface area (Å²) in [5.41, 5.74) is 0.486. The Bertz CT molecular complexity index is 785. The van der Waals surface area contributed by atoms with Crippen LogP contribution in [0.1, 0.15) is 40.0 Å². The van der Waals surface area contributed by atoms with Gasteiger partial charge in [0.2, 0.25) is 0 Å². The second-order valence-corrected chi connectivity index (χ2v) is 6.01. The molecule has 0 atom stereocenters. The molecule has 4 nitrogen and oxygen atoms in total. The number of carbonyl (C=O) groups is 2. The molecule has 0 saturated carbocycles. The number of nitrogens with zero attached hydrogens (tertiary/aromatic N) is 1. The molecule has 1 N–H and O–H groups in total. The summed E-state index contributed by atoms with van der Waals surface area (Å²) in [4.78, 5) is 26.4. The van der Waals surface area contributed by atoms with Crippen molar-refractivity contribution in [3.63, 3.8) is 0 Å². The number of anilines is 1. The number of rotatable bonds is 3. The molecule has 1 aliphatic rings. The van der Waals surface area contributed by atoms with Crippen LogP contribution in [-0.4, -0.2) is 29.8 Å². The van der Waals surface area contributed by atoms with Gasteiger partial charge in [0.25, 0.3) is 11.8 Å². The molecule has 130 valence electrons. The third kappa shape index (κ3) is 4.02. The Morgan fingerprint density at radius 3 is 2.28 bits per heavy atom. The summed E-state index contributed by atoms with van der Waals surface area (Å²) >= 11 is 0. The maximum Gasteiger partial charge on any atom is 0.256 e. The highest BCUT2D eigenvalue weighted by Gasteiger charge is 2.22. The third-order valence-corrected chi connectivity index (χ3v) is 4.20. The molecule has 0 bridgehead atoms. The van der Waals surface area contributed by atoms with E-state index >= 15 is 0 Å². The third-order valence-electron chi connectivity index (χ3n) is 4.20. The standard InChI is InChI=1S/C19H18F2N2O2/c20-14-5-7-15(8-6-14)22-18(24)13-4-9-17(21)16(12-13)19(25)23-10-2-1-3-11-23/h4-9,12H,1-3,10-11H2,(H,22,24). The molecule has 0 spiro atoms. The molecule has 3 rings (SSSR count). The van der Waals surface area contributed by atoms with Gasteiger partial charge in [-0.3, -0.25) is 9.59 Å². The van der Waals surface area contributed by atoms with Gasteiger partial charge in [0.1, 0.15) is 11.6 Å². The molecule has 6 heteroatoms. The molecule has 0 radical (unpaired) electrons. The lowest BCUT2D eigenvalue weighted by molar-refractivity contribution is 0.0719. The predicted molar refractivity (Wildman–Crippen MR) is 90.5 cm³/mol. The van der Waals surface area contributed by atoms with Crippen LogP contribution in [0.5, 0.6) is 0 Å². The van der Waals surface area contributed by atoms with Gasteiger partial charge >= 0.3 is 0 Å². The van der Waals surface area contributed by atoms with E-state index in [1.807, 2.05) is 0 Å². The smallest absolute Gasteiger partial charge is 0.256 e. The Hall–Kier alpha value is -2.76. The fourth-order valence-electron chi connectivity index (χ4n) is 2.83. The van der Waals surface area contributed by atoms with Gasteiger partial charge in [-0.2, -0.15) is 0 Å². The average Bonchev–Trinajstić information content (AvgIpc) is 2.64. The minimum Gasteiger partial charge on any atom is -0.339 e. The van der Waals surface area contributed by atoms with E-state index in [-0.39, 0.29) is 11.1 Å². The summed E-state index contributed by atoms with van der Waals surface area (Å²) < 4.78 is 27.0. The lowest BCUT2D eigenvalue weighted by Crippen LogP contribution is -2.36. The van der Waals surface area contributed by atoms with E-state index in [4.69, 9.17) is 0 Å². The van der Waals surface area contributed by atoms with E-state index < -0.39 is 23.4 Å². The fraction of sp³-hybridized carbons (Fsp3) is 0.263. The Morgan fingerprint density at radius 1 is 0.920 bits per heavy atom. The molecule has 2 aromatic rings. The Morgan fingerprint density at radius 2 is 1.60 bits per heavy atom. The van der Waals surface area contributed by atoms with E-state index in [1.165, 1.54) is 36.4 Å². The zero-order valence-corrected chi connectivity index (χ0v) is 13.6. The van der Waals surface area contributed by atoms with Crippen molar-refractivity contribution in [2.45, 2.75) is 19.3 Å². The number of likely N-dealkylation sites (tertiary alicyclic amines) is 1. The van der Waals surface area contributed by atoms with Crippen molar-refractivity contribution in [2.75, 3.05) is 18.4 Å². The monoisotopic (exact) mass is 344 g/mol. The van der Waals surface area contributed by atoms with Crippen LogP contribution in [0.15, 0.2) is 42.5 Å². The van der Waals surface area contributed by atoms with Crippen LogP contribution in [0.3, 0.4) is 0 Å². The van der Waals surface area contributed by atoms with Gasteiger partial charge in [0.15, 0.2) is 0 Å². The van der Waals surface area contributed by atoms with Crippen molar-refractivity contribution in [3.8, 4) is 0 Å². The molecule has 1 aliphatic heterocycles. The predicted octanol–water partition coefficient (Wildman–Crippen LogP) is 3.84. The summed E-state index contributed by atoms with van der Waals surface area (Å²) in [6.07, 6.45) is 2.86. The van der Waals surface area contributed by atoms with Gasteiger partial charge in [-0.15, -0.1) is 0 Å². The minimum absolute atomic E-state index is 0.103. The maximum atomic E-state index is 14.1. The first-order valence-electron chi connectivity index (χ1n) is 8.20. The molecule has 0 aliphatic carbocycles. The number of amides is 2. The van der Waals surface area contributed by atoms with Gasteiger partial charge in [-0.25, -0.2) is 8.78 Å². The molecule has 1 saturated heterocycles. The molecule has 0 unspecified atom stereocenters. The highest BCUT2D eigenvalue weighted by molar-refractivity contribution is 6.06. The number of hydrogen-bond acceptors (Lipinski definition) is 2. The van der Waals surface area contributed by atoms with Crippen molar-refractivity contribution in [1.29, 1.82) is 0 Å². The van der Waals surface area contributed by atoms with Crippen molar-refractivity contribution >= 4 is 17.5 Å². The lowest BCUT2D eigenvalue weighted by atomic mass is 10.1. The molecule has 0 aromatic heterocycles. The van der Waals surface area contributed by atoms with E-state index in [0.29, 0.717) is 18.8 Å². The van der Waals surface area contributed by atoms with Crippen LogP contribution < -0.4 is 5.32 Å². The van der Waals surface area contributed by atoms with E-state index in [9.17, 15) is 18.4 Å². The first kappa shape index (κ1) is 17.1. The zero-order valence-electron chi connectivity index (χ0n) is 13.6. The SMILES string of the molecule is O=C(Nc1ccc(F)cc1)c1ccc(F)c(C(=O)N2CCCCC2)c1. The van der Waals surface area contributed by atoms with Gasteiger partial charge in [0, 0.05) is 24.3 Å². The van der Waals surface area contributed by atoms with E-state index in [1.54, 1.807) is 4.90 Å². The first-order valence-corrected chi connectivity index (χ1v) is 8.20. The second-order valence-electron chi connectivity index (χ2n) is 6.01. The summed E-state index contributed by atoms with van der Waals surface area (Å²) in [7, 11) is 0. The van der Waals surface area contributed by atoms with Crippen molar-refractivity contribution in [2.24, 2.45) is 0 Å². The number of halogens is 2. The minimum atomic E-state index is -0.645. The fourth-order valence-corrected chi connectivity index (χ4v) is 2.83. The molecule has 1 heterocycles. The van der Waals surface area contributed by atoms with Crippen LogP contribution in [-0.2, 0) is 0 Å². The quantitative estimate of drug-likeness (QED) is 0.920. The summed E-state index contributed by atoms with van der Waals surface area (Å²) in [5.74, 6) is -1.93. The van der Waals surface area contributed by atoms with E-state index in [2.05, 4.69) is 5.32 Å². The van der Waals surface area contributed by atoms with Crippen molar-refractivity contribution in [1.82, 2.24) is 4.90 Å². The highest BCUT2D eigenvalue weighted by atomic mass is 19.1. The molecular weight excluding hydrogens is 326 g/mol. The second kappa shape index (κ2) is 7.42. The first-order chi connectivity index (χ1) is 12.0. The summed E-state index contributed by atoms with van der Waals surface area (Å²) in [6.45, 7) is 1.20. The number of piperidine rings is 1. The molecular formula is C19H18F2N2O2. The lowest BCUT2D eigenvalue weighted by Gasteiger charge is -2.27. The Labute approximate surface area is 144 Å². The number of nitrogens with one attached hydrogen (secondary N) is 1. The van der Waals surface area contributed by atoms with Crippen molar-refractivity contribution < 1.29 is 18.4 Å². The number of hydrogen-bond donors (Lipinski definition) is 1. The van der Waals surface area contributed by atoms with Crippen LogP contribution in [0.4, 0.5) is 14.5 Å². The van der Waals surface area contributed by atoms with E-state index in [0.717, 1.165) is 25.3 Å². The van der Waals surface area contributed by atoms with Gasteiger partial charge in [-0.05, 0) is 61.7 Å². The topological polar surface area (TPSA) is 49.4 Å². The Balaban J connectivity index is 1.79. The van der Waals surface area contributed by atoms with Gasteiger partial charge < -0.3 is 10.2 Å². The van der Waals surface area contributed by atoms with Gasteiger partial charge in [0.05, 0.1) is 5.56 Å². The maximum absolute atomic E-state index is 14.1. The highest BCUT2D eigenvalue weighted by Crippen LogP contribution is 2.18. The molecule has 2 amide bonds. The largest absolute Gasteiger partial charge is 0.339 e. The normalized spacial score (nSPS) is 14.2. The van der Waals surface area contributed by atoms with Crippen LogP contribution in [0, 0.1) is 11.6 Å². The number of carbonyl (C=O) groups excluding carboxylic acids is 2. The van der Waals surface area contributed by atoms with Crippen LogP contribution in [0.25, 0.3) is 0 Å². The number of benzene rings is 2. The van der Waals surface area contributed by atoms with Crippen LogP contribution >= 0.6 is 0 Å². The van der Waals surface area contributed by atoms with Crippen molar-refractivity contribution in [3.05, 3.63) is 65.2 Å². The van der Waals surface area contributed by atoms with Crippen LogP contribution in [0.2, 0.25) is 0 Å². The molecule has 25 heavy (non-hydrogen) atoms. The zero-order chi connectivity index (χ0) is 17.8. The summed E-state index contributed by atoms with van der Waals surface area (Å²) in [5, 5.41) is 2.60. The summed E-state index contributed by atoms with van der Waals surface area (Å²) in [6, 6.07) is 9.02.